The molecular formula is C24H30N4O3. The zero-order valence-corrected chi connectivity index (χ0v) is 18.4. The van der Waals surface area contributed by atoms with E-state index < -0.39 is 0 Å². The number of piperidine rings is 2. The predicted molar refractivity (Wildman–Crippen MR) is 117 cm³/mol. The van der Waals surface area contributed by atoms with Gasteiger partial charge in [-0.2, -0.15) is 0 Å². The van der Waals surface area contributed by atoms with Crippen LogP contribution in [0.15, 0.2) is 24.3 Å². The molecule has 1 aromatic heterocycles. The molecule has 1 amide bonds. The smallest absolute Gasteiger partial charge is 0.229 e. The van der Waals surface area contributed by atoms with Crippen molar-refractivity contribution >= 4 is 11.9 Å². The molecule has 1 aromatic carbocycles. The van der Waals surface area contributed by atoms with E-state index in [1.54, 1.807) is 0 Å². The van der Waals surface area contributed by atoms with Crippen molar-refractivity contribution in [3.8, 4) is 11.5 Å². The third-order valence-electron chi connectivity index (χ3n) is 6.81. The van der Waals surface area contributed by atoms with Gasteiger partial charge in [-0.05, 0) is 51.7 Å². The molecule has 0 saturated carbocycles. The lowest BCUT2D eigenvalue weighted by atomic mass is 9.71. The summed E-state index contributed by atoms with van der Waals surface area (Å²) in [5.74, 6) is 2.65. The van der Waals surface area contributed by atoms with Crippen LogP contribution < -0.4 is 14.4 Å². The summed E-state index contributed by atoms with van der Waals surface area (Å²) >= 11 is 0. The number of para-hydroxylation sites is 1. The lowest BCUT2D eigenvalue weighted by Crippen LogP contribution is -2.53. The molecule has 2 aromatic rings. The van der Waals surface area contributed by atoms with Crippen molar-refractivity contribution in [2.24, 2.45) is 5.41 Å². The first-order valence-corrected chi connectivity index (χ1v) is 11.3. The second-order valence-corrected chi connectivity index (χ2v) is 8.99. The number of ether oxygens (including phenoxy) is 2. The van der Waals surface area contributed by atoms with Gasteiger partial charge in [0, 0.05) is 43.1 Å². The number of rotatable bonds is 3. The van der Waals surface area contributed by atoms with Gasteiger partial charge in [0.25, 0.3) is 0 Å². The molecule has 3 aliphatic heterocycles. The molecule has 0 unspecified atom stereocenters. The summed E-state index contributed by atoms with van der Waals surface area (Å²) < 4.78 is 11.6. The van der Waals surface area contributed by atoms with E-state index in [2.05, 4.69) is 14.9 Å². The van der Waals surface area contributed by atoms with E-state index >= 15 is 0 Å². The van der Waals surface area contributed by atoms with Gasteiger partial charge < -0.3 is 19.3 Å². The highest BCUT2D eigenvalue weighted by molar-refractivity contribution is 5.84. The number of amides is 1. The monoisotopic (exact) mass is 422 g/mol. The Morgan fingerprint density at radius 2 is 1.74 bits per heavy atom. The number of aromatic nitrogens is 2. The highest BCUT2D eigenvalue weighted by Gasteiger charge is 2.46. The van der Waals surface area contributed by atoms with Crippen molar-refractivity contribution in [1.82, 2.24) is 14.9 Å². The van der Waals surface area contributed by atoms with Crippen LogP contribution in [-0.4, -0.2) is 53.6 Å². The van der Waals surface area contributed by atoms with Crippen molar-refractivity contribution < 1.29 is 14.3 Å². The minimum Gasteiger partial charge on any atom is -0.486 e. The van der Waals surface area contributed by atoms with Crippen LogP contribution in [0.5, 0.6) is 11.5 Å². The summed E-state index contributed by atoms with van der Waals surface area (Å²) in [4.78, 5) is 27.1. The Morgan fingerprint density at radius 1 is 1.00 bits per heavy atom. The van der Waals surface area contributed by atoms with Crippen LogP contribution >= 0.6 is 0 Å². The molecule has 0 atom stereocenters. The van der Waals surface area contributed by atoms with Crippen LogP contribution in [0.3, 0.4) is 0 Å². The second-order valence-electron chi connectivity index (χ2n) is 8.99. The molecule has 2 saturated heterocycles. The summed E-state index contributed by atoms with van der Waals surface area (Å²) in [6.45, 7) is 8.15. The van der Waals surface area contributed by atoms with Crippen molar-refractivity contribution in [3.05, 3.63) is 41.2 Å². The molecule has 2 fully saturated rings. The molecule has 5 rings (SSSR count). The molecule has 1 spiro atoms. The Kier molecular flexibility index (Phi) is 5.20. The summed E-state index contributed by atoms with van der Waals surface area (Å²) in [5.41, 5.74) is 2.74. The minimum atomic E-state index is -0.264. The van der Waals surface area contributed by atoms with Crippen LogP contribution in [0.4, 0.5) is 5.95 Å². The standard InChI is InChI=1S/C24H30N4O3/c1-17-15-18(2)26-23(25-17)27-11-8-24(9-12-27)7-4-10-28(22(24)29)16-19-5-3-6-20-21(19)31-14-13-30-20/h3,5-6,15H,4,7-14,16H2,1-2H3. The lowest BCUT2D eigenvalue weighted by molar-refractivity contribution is -0.148. The van der Waals surface area contributed by atoms with Crippen LogP contribution in [0.2, 0.25) is 0 Å². The van der Waals surface area contributed by atoms with E-state index in [0.29, 0.717) is 19.8 Å². The molecular weight excluding hydrogens is 392 g/mol. The number of fused-ring (bicyclic) bond motifs is 1. The first-order valence-electron chi connectivity index (χ1n) is 11.3. The number of hydrogen-bond donors (Lipinski definition) is 0. The number of benzene rings is 1. The van der Waals surface area contributed by atoms with E-state index in [1.165, 1.54) is 0 Å². The topological polar surface area (TPSA) is 67.8 Å². The molecule has 0 N–H and O–H groups in total. The number of anilines is 1. The van der Waals surface area contributed by atoms with Gasteiger partial charge in [0.15, 0.2) is 11.5 Å². The van der Waals surface area contributed by atoms with E-state index in [-0.39, 0.29) is 11.3 Å². The van der Waals surface area contributed by atoms with E-state index in [4.69, 9.17) is 9.47 Å². The van der Waals surface area contributed by atoms with E-state index in [0.717, 1.165) is 79.7 Å². The summed E-state index contributed by atoms with van der Waals surface area (Å²) in [7, 11) is 0. The Hall–Kier alpha value is -2.83. The van der Waals surface area contributed by atoms with Crippen LogP contribution in [0, 0.1) is 19.3 Å². The quantitative estimate of drug-likeness (QED) is 0.756. The average molecular weight is 423 g/mol. The maximum Gasteiger partial charge on any atom is 0.229 e. The normalized spacial score (nSPS) is 20.3. The SMILES string of the molecule is Cc1cc(C)nc(N2CCC3(CCCN(Cc4cccc5c4OCCO5)C3=O)CC2)n1. The zero-order valence-electron chi connectivity index (χ0n) is 18.4. The Balaban J connectivity index is 1.30. The van der Waals surface area contributed by atoms with E-state index in [9.17, 15) is 4.79 Å². The Morgan fingerprint density at radius 3 is 2.52 bits per heavy atom. The average Bonchev–Trinajstić information content (AvgIpc) is 2.77. The van der Waals surface area contributed by atoms with Crippen LogP contribution in [0.1, 0.15) is 42.6 Å². The third kappa shape index (κ3) is 3.82. The van der Waals surface area contributed by atoms with Gasteiger partial charge in [0.1, 0.15) is 13.2 Å². The molecule has 4 heterocycles. The molecule has 31 heavy (non-hydrogen) atoms. The summed E-state index contributed by atoms with van der Waals surface area (Å²) in [6.07, 6.45) is 3.71. The largest absolute Gasteiger partial charge is 0.486 e. The van der Waals surface area contributed by atoms with Gasteiger partial charge in [-0.3, -0.25) is 4.79 Å². The fourth-order valence-electron chi connectivity index (χ4n) is 5.21. The first-order chi connectivity index (χ1) is 15.0. The maximum absolute atomic E-state index is 13.6. The molecule has 7 nitrogen and oxygen atoms in total. The first kappa shape index (κ1) is 20.1. The number of nitrogens with zero attached hydrogens (tertiary/aromatic N) is 4. The van der Waals surface area contributed by atoms with Gasteiger partial charge in [-0.25, -0.2) is 9.97 Å². The zero-order chi connectivity index (χ0) is 21.4. The number of carbonyl (C=O) groups excluding carboxylic acids is 1. The van der Waals surface area contributed by atoms with Crippen molar-refractivity contribution in [2.45, 2.75) is 46.1 Å². The van der Waals surface area contributed by atoms with Crippen LogP contribution in [0.25, 0.3) is 0 Å². The summed E-state index contributed by atoms with van der Waals surface area (Å²) in [6, 6.07) is 7.95. The van der Waals surface area contributed by atoms with Crippen molar-refractivity contribution in [2.75, 3.05) is 37.7 Å². The van der Waals surface area contributed by atoms with Gasteiger partial charge in [-0.15, -0.1) is 0 Å². The van der Waals surface area contributed by atoms with Crippen LogP contribution in [-0.2, 0) is 11.3 Å². The number of hydrogen-bond acceptors (Lipinski definition) is 6. The minimum absolute atomic E-state index is 0.264. The second kappa shape index (κ2) is 8.02. The highest BCUT2D eigenvalue weighted by atomic mass is 16.6. The third-order valence-corrected chi connectivity index (χ3v) is 6.81. The predicted octanol–water partition coefficient (Wildman–Crippen LogP) is 3.27. The highest BCUT2D eigenvalue weighted by Crippen LogP contribution is 2.43. The van der Waals surface area contributed by atoms with Gasteiger partial charge in [-0.1, -0.05) is 12.1 Å². The van der Waals surface area contributed by atoms with Gasteiger partial charge >= 0.3 is 0 Å². The number of likely N-dealkylation sites (tertiary alicyclic amines) is 1. The van der Waals surface area contributed by atoms with E-state index in [1.807, 2.05) is 43.0 Å². The molecule has 3 aliphatic rings. The molecule has 7 heteroatoms. The Labute approximate surface area is 183 Å². The summed E-state index contributed by atoms with van der Waals surface area (Å²) in [5, 5.41) is 0. The van der Waals surface area contributed by atoms with Gasteiger partial charge in [0.05, 0.1) is 5.41 Å². The molecule has 0 aliphatic carbocycles. The van der Waals surface area contributed by atoms with Crippen molar-refractivity contribution in [1.29, 1.82) is 0 Å². The lowest BCUT2D eigenvalue weighted by Gasteiger charge is -2.46. The molecule has 0 bridgehead atoms. The number of carbonyl (C=O) groups is 1. The molecule has 164 valence electrons. The fourth-order valence-corrected chi connectivity index (χ4v) is 5.21. The van der Waals surface area contributed by atoms with Gasteiger partial charge in [0.2, 0.25) is 11.9 Å². The Bertz CT molecular complexity index is 965. The maximum atomic E-state index is 13.6. The van der Waals surface area contributed by atoms with Crippen molar-refractivity contribution in [3.63, 3.8) is 0 Å². The molecule has 0 radical (unpaired) electrons. The fraction of sp³-hybridized carbons (Fsp3) is 0.542. The number of aryl methyl sites for hydroxylation is 2.